The molecule has 0 aromatic carbocycles. The van der Waals surface area contributed by atoms with Crippen LogP contribution in [0.25, 0.3) is 0 Å². The van der Waals surface area contributed by atoms with Crippen LogP contribution in [0.2, 0.25) is 0 Å². The van der Waals surface area contributed by atoms with E-state index >= 15 is 0 Å². The highest BCUT2D eigenvalue weighted by Crippen LogP contribution is 2.13. The van der Waals surface area contributed by atoms with Crippen molar-refractivity contribution >= 4 is 0 Å². The first-order chi connectivity index (χ1) is 5.18. The van der Waals surface area contributed by atoms with Crippen molar-refractivity contribution in [3.05, 3.63) is 0 Å². The van der Waals surface area contributed by atoms with Gasteiger partial charge in [-0.25, -0.2) is 0 Å². The summed E-state index contributed by atoms with van der Waals surface area (Å²) >= 11 is 0. The van der Waals surface area contributed by atoms with E-state index in [1.54, 1.807) is 0 Å². The highest BCUT2D eigenvalue weighted by atomic mass is 16.5. The fourth-order valence-corrected chi connectivity index (χ4v) is 1.59. The van der Waals surface area contributed by atoms with Crippen LogP contribution in [0, 0.1) is 0 Å². The van der Waals surface area contributed by atoms with Gasteiger partial charge in [0.15, 0.2) is 0 Å². The lowest BCUT2D eigenvalue weighted by Crippen LogP contribution is -2.40. The Kier molecular flexibility index (Phi) is 3.34. The number of ether oxygens (including phenoxy) is 1. The molecule has 1 unspecified atom stereocenters. The van der Waals surface area contributed by atoms with Crippen molar-refractivity contribution < 1.29 is 4.74 Å². The predicted molar refractivity (Wildman–Crippen MR) is 46.7 cm³/mol. The Balaban J connectivity index is 2.23. The van der Waals surface area contributed by atoms with Gasteiger partial charge in [0.1, 0.15) is 0 Å². The van der Waals surface area contributed by atoms with Crippen molar-refractivity contribution in [3.63, 3.8) is 0 Å². The Morgan fingerprint density at radius 1 is 1.45 bits per heavy atom. The SMILES string of the molecule is CC(C)OC1CCN[C@H](C)C1. The first kappa shape index (κ1) is 9.01. The minimum Gasteiger partial charge on any atom is -0.375 e. The average Bonchev–Trinajstić information content (AvgIpc) is 1.85. The van der Waals surface area contributed by atoms with Crippen LogP contribution in [0.4, 0.5) is 0 Å². The molecular formula is C9H19NO. The number of nitrogens with one attached hydrogen (secondary N) is 1. The van der Waals surface area contributed by atoms with E-state index < -0.39 is 0 Å². The summed E-state index contributed by atoms with van der Waals surface area (Å²) < 4.78 is 5.72. The fourth-order valence-electron chi connectivity index (χ4n) is 1.59. The highest BCUT2D eigenvalue weighted by Gasteiger charge is 2.19. The monoisotopic (exact) mass is 157 g/mol. The smallest absolute Gasteiger partial charge is 0.0605 e. The fraction of sp³-hybridized carbons (Fsp3) is 1.00. The Morgan fingerprint density at radius 2 is 2.18 bits per heavy atom. The van der Waals surface area contributed by atoms with Crippen molar-refractivity contribution in [1.82, 2.24) is 5.32 Å². The summed E-state index contributed by atoms with van der Waals surface area (Å²) in [6.07, 6.45) is 3.21. The summed E-state index contributed by atoms with van der Waals surface area (Å²) in [7, 11) is 0. The molecule has 11 heavy (non-hydrogen) atoms. The van der Waals surface area contributed by atoms with Gasteiger partial charge >= 0.3 is 0 Å². The van der Waals surface area contributed by atoms with Gasteiger partial charge in [-0.2, -0.15) is 0 Å². The number of hydrogen-bond acceptors (Lipinski definition) is 2. The molecule has 2 nitrogen and oxygen atoms in total. The molecule has 0 aromatic heterocycles. The van der Waals surface area contributed by atoms with Crippen molar-refractivity contribution in [2.24, 2.45) is 0 Å². The zero-order valence-electron chi connectivity index (χ0n) is 7.76. The van der Waals surface area contributed by atoms with Gasteiger partial charge < -0.3 is 10.1 Å². The van der Waals surface area contributed by atoms with Crippen molar-refractivity contribution in [2.45, 2.75) is 51.9 Å². The molecule has 1 fully saturated rings. The van der Waals surface area contributed by atoms with E-state index in [4.69, 9.17) is 4.74 Å². The topological polar surface area (TPSA) is 21.3 Å². The molecule has 1 aliphatic heterocycles. The molecule has 0 spiro atoms. The first-order valence-corrected chi connectivity index (χ1v) is 4.57. The molecule has 1 N–H and O–H groups in total. The third-order valence-corrected chi connectivity index (χ3v) is 2.04. The van der Waals surface area contributed by atoms with Gasteiger partial charge in [-0.1, -0.05) is 0 Å². The zero-order valence-corrected chi connectivity index (χ0v) is 7.76. The minimum atomic E-state index is 0.380. The van der Waals surface area contributed by atoms with E-state index in [-0.39, 0.29) is 0 Å². The highest BCUT2D eigenvalue weighted by molar-refractivity contribution is 4.75. The molecule has 2 heteroatoms. The van der Waals surface area contributed by atoms with Gasteiger partial charge in [-0.15, -0.1) is 0 Å². The Labute approximate surface area is 69.3 Å². The summed E-state index contributed by atoms with van der Waals surface area (Å²) in [6.45, 7) is 7.54. The van der Waals surface area contributed by atoms with Crippen molar-refractivity contribution in [1.29, 1.82) is 0 Å². The van der Waals surface area contributed by atoms with E-state index in [1.165, 1.54) is 6.42 Å². The van der Waals surface area contributed by atoms with Crippen LogP contribution in [-0.2, 0) is 4.74 Å². The second kappa shape index (κ2) is 4.07. The lowest BCUT2D eigenvalue weighted by molar-refractivity contribution is -0.0150. The molecule has 1 saturated heterocycles. The van der Waals surface area contributed by atoms with Gasteiger partial charge in [-0.3, -0.25) is 0 Å². The van der Waals surface area contributed by atoms with E-state index in [2.05, 4.69) is 26.1 Å². The largest absolute Gasteiger partial charge is 0.375 e. The van der Waals surface area contributed by atoms with Crippen LogP contribution in [0.5, 0.6) is 0 Å². The standard InChI is InChI=1S/C9H19NO/c1-7(2)11-9-4-5-10-8(3)6-9/h7-10H,4-6H2,1-3H3/t8-,9?/m1/s1. The lowest BCUT2D eigenvalue weighted by atomic mass is 10.0. The quantitative estimate of drug-likeness (QED) is 0.656. The van der Waals surface area contributed by atoms with Crippen LogP contribution in [-0.4, -0.2) is 24.8 Å². The predicted octanol–water partition coefficient (Wildman–Crippen LogP) is 1.55. The Morgan fingerprint density at radius 3 is 2.73 bits per heavy atom. The molecule has 0 amide bonds. The molecule has 1 rings (SSSR count). The number of piperidine rings is 1. The van der Waals surface area contributed by atoms with E-state index in [9.17, 15) is 0 Å². The van der Waals surface area contributed by atoms with E-state index in [1.807, 2.05) is 0 Å². The maximum absolute atomic E-state index is 5.72. The van der Waals surface area contributed by atoms with Gasteiger partial charge in [0.25, 0.3) is 0 Å². The Bertz CT molecular complexity index is 112. The molecule has 1 heterocycles. The molecule has 0 radical (unpaired) electrons. The van der Waals surface area contributed by atoms with E-state index in [0.29, 0.717) is 18.2 Å². The maximum Gasteiger partial charge on any atom is 0.0605 e. The summed E-state index contributed by atoms with van der Waals surface area (Å²) in [5, 5.41) is 3.41. The summed E-state index contributed by atoms with van der Waals surface area (Å²) in [4.78, 5) is 0. The third kappa shape index (κ3) is 3.21. The summed E-state index contributed by atoms with van der Waals surface area (Å²) in [5.41, 5.74) is 0. The summed E-state index contributed by atoms with van der Waals surface area (Å²) in [5.74, 6) is 0. The van der Waals surface area contributed by atoms with Crippen molar-refractivity contribution in [2.75, 3.05) is 6.54 Å². The normalized spacial score (nSPS) is 32.7. The molecular weight excluding hydrogens is 138 g/mol. The van der Waals surface area contributed by atoms with Crippen LogP contribution < -0.4 is 5.32 Å². The van der Waals surface area contributed by atoms with Crippen LogP contribution >= 0.6 is 0 Å². The molecule has 0 aromatic rings. The van der Waals surface area contributed by atoms with Crippen LogP contribution in [0.3, 0.4) is 0 Å². The second-order valence-corrected chi connectivity index (χ2v) is 3.69. The number of hydrogen-bond donors (Lipinski definition) is 1. The minimum absolute atomic E-state index is 0.380. The molecule has 0 aliphatic carbocycles. The maximum atomic E-state index is 5.72. The second-order valence-electron chi connectivity index (χ2n) is 3.69. The first-order valence-electron chi connectivity index (χ1n) is 4.57. The van der Waals surface area contributed by atoms with Gasteiger partial charge in [0.05, 0.1) is 12.2 Å². The molecule has 1 aliphatic rings. The molecule has 0 saturated carbocycles. The van der Waals surface area contributed by atoms with Crippen LogP contribution in [0.1, 0.15) is 33.6 Å². The molecule has 0 bridgehead atoms. The molecule has 66 valence electrons. The average molecular weight is 157 g/mol. The van der Waals surface area contributed by atoms with Gasteiger partial charge in [0, 0.05) is 6.04 Å². The molecule has 2 atom stereocenters. The van der Waals surface area contributed by atoms with Gasteiger partial charge in [-0.05, 0) is 40.2 Å². The lowest BCUT2D eigenvalue weighted by Gasteiger charge is -2.29. The zero-order chi connectivity index (χ0) is 8.27. The number of rotatable bonds is 2. The van der Waals surface area contributed by atoms with Gasteiger partial charge in [0.2, 0.25) is 0 Å². The Hall–Kier alpha value is -0.0800. The third-order valence-electron chi connectivity index (χ3n) is 2.04. The summed E-state index contributed by atoms with van der Waals surface area (Å²) in [6, 6.07) is 0.632. The van der Waals surface area contributed by atoms with E-state index in [0.717, 1.165) is 13.0 Å². The van der Waals surface area contributed by atoms with Crippen molar-refractivity contribution in [3.8, 4) is 0 Å². The van der Waals surface area contributed by atoms with Crippen LogP contribution in [0.15, 0.2) is 0 Å².